The predicted octanol–water partition coefficient (Wildman–Crippen LogP) is 5.09. The Balaban J connectivity index is 1.72. The summed E-state index contributed by atoms with van der Waals surface area (Å²) in [5.74, 6) is -1.44. The van der Waals surface area contributed by atoms with Crippen molar-refractivity contribution in [3.05, 3.63) is 95.0 Å². The number of hydrogen-bond donors (Lipinski definition) is 2. The number of nitrogens with zero attached hydrogens (tertiary/aromatic N) is 1. The van der Waals surface area contributed by atoms with Crippen molar-refractivity contribution >= 4 is 34.9 Å². The Morgan fingerprint density at radius 3 is 2.27 bits per heavy atom. The number of para-hydroxylation sites is 1. The highest BCUT2D eigenvalue weighted by molar-refractivity contribution is 6.33. The number of amides is 3. The molecule has 3 aromatic rings. The fraction of sp³-hybridized carbons (Fsp3) is 0.0909. The summed E-state index contributed by atoms with van der Waals surface area (Å²) in [6, 6.07) is 17.0. The third-order valence-electron chi connectivity index (χ3n) is 4.24. The van der Waals surface area contributed by atoms with Crippen LogP contribution in [0.1, 0.15) is 10.4 Å². The zero-order valence-electron chi connectivity index (χ0n) is 15.7. The molecule has 0 aliphatic carbocycles. The fourth-order valence-electron chi connectivity index (χ4n) is 2.74. The van der Waals surface area contributed by atoms with Gasteiger partial charge in [0.2, 0.25) is 0 Å². The lowest BCUT2D eigenvalue weighted by molar-refractivity contribution is 0.0954. The first-order chi connectivity index (χ1) is 14.5. The second-order valence-electron chi connectivity index (χ2n) is 6.27. The van der Waals surface area contributed by atoms with Crippen LogP contribution in [0.15, 0.2) is 72.8 Å². The summed E-state index contributed by atoms with van der Waals surface area (Å²) in [4.78, 5) is 26.4. The quantitative estimate of drug-likeness (QED) is 0.573. The van der Waals surface area contributed by atoms with Gasteiger partial charge >= 0.3 is 6.03 Å². The number of anilines is 2. The molecule has 0 fully saturated rings. The van der Waals surface area contributed by atoms with Gasteiger partial charge in [-0.25, -0.2) is 13.6 Å². The highest BCUT2D eigenvalue weighted by atomic mass is 35.5. The third-order valence-corrected chi connectivity index (χ3v) is 4.57. The summed E-state index contributed by atoms with van der Waals surface area (Å²) in [7, 11) is 0. The van der Waals surface area contributed by atoms with Crippen LogP contribution in [0.25, 0.3) is 0 Å². The minimum Gasteiger partial charge on any atom is -0.350 e. The van der Waals surface area contributed by atoms with Gasteiger partial charge in [0, 0.05) is 18.8 Å². The topological polar surface area (TPSA) is 61.4 Å². The molecule has 0 atom stereocenters. The molecule has 0 radical (unpaired) electrons. The number of hydrogen-bond acceptors (Lipinski definition) is 2. The Bertz CT molecular complexity index is 1040. The maximum Gasteiger partial charge on any atom is 0.326 e. The first-order valence-electron chi connectivity index (χ1n) is 9.07. The van der Waals surface area contributed by atoms with Crippen LogP contribution in [-0.4, -0.2) is 25.0 Å². The van der Waals surface area contributed by atoms with Crippen molar-refractivity contribution < 1.29 is 18.4 Å². The maximum atomic E-state index is 13.9. The zero-order chi connectivity index (χ0) is 21.5. The first-order valence-corrected chi connectivity index (χ1v) is 9.45. The van der Waals surface area contributed by atoms with Crippen molar-refractivity contribution in [3.8, 4) is 0 Å². The van der Waals surface area contributed by atoms with E-state index >= 15 is 0 Å². The highest BCUT2D eigenvalue weighted by Gasteiger charge is 2.18. The minimum atomic E-state index is -0.626. The Hall–Kier alpha value is -3.45. The molecule has 3 aromatic carbocycles. The number of carbonyl (C=O) groups is 2. The monoisotopic (exact) mass is 429 g/mol. The number of benzene rings is 3. The van der Waals surface area contributed by atoms with E-state index in [-0.39, 0.29) is 18.8 Å². The van der Waals surface area contributed by atoms with Gasteiger partial charge in [-0.2, -0.15) is 0 Å². The highest BCUT2D eigenvalue weighted by Crippen LogP contribution is 2.19. The molecule has 0 saturated carbocycles. The predicted molar refractivity (Wildman–Crippen MR) is 113 cm³/mol. The van der Waals surface area contributed by atoms with Crippen LogP contribution in [0.5, 0.6) is 0 Å². The summed E-state index contributed by atoms with van der Waals surface area (Å²) in [5.41, 5.74) is 0.704. The molecule has 0 aliphatic heterocycles. The molecule has 0 spiro atoms. The van der Waals surface area contributed by atoms with Gasteiger partial charge < -0.3 is 10.6 Å². The molecule has 5 nitrogen and oxygen atoms in total. The second-order valence-corrected chi connectivity index (χ2v) is 6.68. The van der Waals surface area contributed by atoms with E-state index in [0.29, 0.717) is 16.3 Å². The van der Waals surface area contributed by atoms with E-state index in [0.717, 1.165) is 0 Å². The zero-order valence-corrected chi connectivity index (χ0v) is 16.5. The lowest BCUT2D eigenvalue weighted by Gasteiger charge is -2.23. The Kier molecular flexibility index (Phi) is 6.98. The summed E-state index contributed by atoms with van der Waals surface area (Å²) >= 11 is 6.02. The molecule has 3 amide bonds. The van der Waals surface area contributed by atoms with Gasteiger partial charge in [0.1, 0.15) is 11.6 Å². The summed E-state index contributed by atoms with van der Waals surface area (Å²) in [6.07, 6.45) is 0. The number of halogens is 3. The smallest absolute Gasteiger partial charge is 0.326 e. The lowest BCUT2D eigenvalue weighted by Crippen LogP contribution is -2.41. The van der Waals surface area contributed by atoms with Crippen molar-refractivity contribution in [2.45, 2.75) is 0 Å². The third kappa shape index (κ3) is 5.33. The van der Waals surface area contributed by atoms with Crippen LogP contribution in [0.2, 0.25) is 5.02 Å². The van der Waals surface area contributed by atoms with Gasteiger partial charge in [0.25, 0.3) is 5.91 Å². The molecule has 0 unspecified atom stereocenters. The molecular weight excluding hydrogens is 412 g/mol. The SMILES string of the molecule is O=C(NCCN(C(=O)Nc1ccccc1F)c1ccc(F)cc1)c1ccccc1Cl. The Morgan fingerprint density at radius 1 is 0.900 bits per heavy atom. The summed E-state index contributed by atoms with van der Waals surface area (Å²) in [6.45, 7) is 0.147. The maximum absolute atomic E-state index is 13.9. The molecule has 154 valence electrons. The van der Waals surface area contributed by atoms with Gasteiger partial charge in [-0.3, -0.25) is 9.69 Å². The van der Waals surface area contributed by atoms with Gasteiger partial charge in [0.15, 0.2) is 0 Å². The first kappa shape index (κ1) is 21.3. The van der Waals surface area contributed by atoms with Crippen LogP contribution in [-0.2, 0) is 0 Å². The van der Waals surface area contributed by atoms with Crippen molar-refractivity contribution in [2.75, 3.05) is 23.3 Å². The fourth-order valence-corrected chi connectivity index (χ4v) is 2.96. The second kappa shape index (κ2) is 9.84. The lowest BCUT2D eigenvalue weighted by atomic mass is 10.2. The van der Waals surface area contributed by atoms with E-state index in [9.17, 15) is 18.4 Å². The number of carbonyl (C=O) groups excluding carboxylic acids is 2. The Morgan fingerprint density at radius 2 is 1.57 bits per heavy atom. The molecular formula is C22H18ClF2N3O2. The van der Waals surface area contributed by atoms with Gasteiger partial charge in [-0.05, 0) is 48.5 Å². The normalized spacial score (nSPS) is 10.4. The van der Waals surface area contributed by atoms with E-state index in [2.05, 4.69) is 10.6 Å². The van der Waals surface area contributed by atoms with Crippen molar-refractivity contribution in [1.82, 2.24) is 5.32 Å². The largest absolute Gasteiger partial charge is 0.350 e. The molecule has 30 heavy (non-hydrogen) atoms. The molecule has 0 saturated heterocycles. The van der Waals surface area contributed by atoms with Crippen LogP contribution in [0.3, 0.4) is 0 Å². The van der Waals surface area contributed by atoms with Gasteiger partial charge in [0.05, 0.1) is 16.3 Å². The van der Waals surface area contributed by atoms with Crippen molar-refractivity contribution in [2.24, 2.45) is 0 Å². The van der Waals surface area contributed by atoms with Crippen molar-refractivity contribution in [3.63, 3.8) is 0 Å². The summed E-state index contributed by atoms with van der Waals surface area (Å²) in [5, 5.41) is 5.48. The van der Waals surface area contributed by atoms with E-state index in [1.165, 1.54) is 47.4 Å². The van der Waals surface area contributed by atoms with Crippen LogP contribution in [0, 0.1) is 11.6 Å². The van der Waals surface area contributed by atoms with E-state index in [1.807, 2.05) is 0 Å². The molecule has 8 heteroatoms. The van der Waals surface area contributed by atoms with Crippen LogP contribution in [0.4, 0.5) is 25.0 Å². The van der Waals surface area contributed by atoms with E-state index < -0.39 is 23.6 Å². The standard InChI is InChI=1S/C22H18ClF2N3O2/c23-18-6-2-1-5-17(18)21(29)26-13-14-28(16-11-9-15(24)10-12-16)22(30)27-20-8-4-3-7-19(20)25/h1-12H,13-14H2,(H,26,29)(H,27,30). The minimum absolute atomic E-state index is 0.00900. The molecule has 0 aliphatic rings. The van der Waals surface area contributed by atoms with E-state index in [1.54, 1.807) is 30.3 Å². The molecule has 2 N–H and O–H groups in total. The van der Waals surface area contributed by atoms with Gasteiger partial charge in [-0.1, -0.05) is 35.9 Å². The molecule has 0 heterocycles. The average molecular weight is 430 g/mol. The van der Waals surface area contributed by atoms with Crippen LogP contribution < -0.4 is 15.5 Å². The molecule has 0 aromatic heterocycles. The molecule has 3 rings (SSSR count). The Labute approximate surface area is 177 Å². The average Bonchev–Trinajstić information content (AvgIpc) is 2.74. The van der Waals surface area contributed by atoms with Crippen LogP contribution >= 0.6 is 11.6 Å². The number of rotatable bonds is 6. The van der Waals surface area contributed by atoms with E-state index in [4.69, 9.17) is 11.6 Å². The number of nitrogens with one attached hydrogen (secondary N) is 2. The number of urea groups is 1. The van der Waals surface area contributed by atoms with Crippen molar-refractivity contribution in [1.29, 1.82) is 0 Å². The molecule has 0 bridgehead atoms. The summed E-state index contributed by atoms with van der Waals surface area (Å²) < 4.78 is 27.2. The van der Waals surface area contributed by atoms with Gasteiger partial charge in [-0.15, -0.1) is 0 Å².